The zero-order valence-electron chi connectivity index (χ0n) is 14.2. The molecule has 6 nitrogen and oxygen atoms in total. The van der Waals surface area contributed by atoms with E-state index < -0.39 is 0 Å². The molecule has 2 amide bonds. The van der Waals surface area contributed by atoms with Crippen LogP contribution in [0.15, 0.2) is 12.1 Å². The fourth-order valence-corrected chi connectivity index (χ4v) is 4.07. The number of nitrogens with two attached hydrogens (primary N) is 1. The molecule has 0 radical (unpaired) electrons. The molecule has 0 saturated carbocycles. The molecule has 1 aliphatic rings. The molecular weight excluding hydrogens is 326 g/mol. The summed E-state index contributed by atoms with van der Waals surface area (Å²) < 4.78 is 0. The number of aryl methyl sites for hydroxylation is 1. The second-order valence-electron chi connectivity index (χ2n) is 6.39. The molecule has 0 spiro atoms. The number of amides is 2. The van der Waals surface area contributed by atoms with E-state index in [0.717, 1.165) is 24.3 Å². The highest BCUT2D eigenvalue weighted by Crippen LogP contribution is 2.22. The van der Waals surface area contributed by atoms with Crippen LogP contribution in [0.3, 0.4) is 0 Å². The number of piperidine rings is 1. The van der Waals surface area contributed by atoms with E-state index in [1.165, 1.54) is 4.88 Å². The van der Waals surface area contributed by atoms with Crippen molar-refractivity contribution in [1.29, 1.82) is 0 Å². The first kappa shape index (κ1) is 18.9. The maximum atomic E-state index is 13.0. The maximum Gasteiger partial charge on any atom is 0.231 e. The maximum absolute atomic E-state index is 13.0. The van der Waals surface area contributed by atoms with Gasteiger partial charge in [0.05, 0.1) is 19.0 Å². The molecule has 1 fully saturated rings. The molecule has 3 N–H and O–H groups in total. The van der Waals surface area contributed by atoms with Crippen molar-refractivity contribution >= 4 is 23.2 Å². The van der Waals surface area contributed by atoms with Crippen molar-refractivity contribution in [1.82, 2.24) is 9.80 Å². The van der Waals surface area contributed by atoms with Crippen LogP contribution in [0.4, 0.5) is 0 Å². The molecule has 2 rings (SSSR count). The third-order valence-corrected chi connectivity index (χ3v) is 5.26. The van der Waals surface area contributed by atoms with Crippen LogP contribution in [0.25, 0.3) is 0 Å². The van der Waals surface area contributed by atoms with Crippen molar-refractivity contribution in [3.05, 3.63) is 21.9 Å². The summed E-state index contributed by atoms with van der Waals surface area (Å²) in [6.07, 6.45) is 2.32. The highest BCUT2D eigenvalue weighted by atomic mass is 32.1. The van der Waals surface area contributed by atoms with Gasteiger partial charge in [0.2, 0.25) is 11.8 Å². The minimum Gasteiger partial charge on any atom is -0.396 e. The van der Waals surface area contributed by atoms with E-state index >= 15 is 0 Å². The number of thiophene rings is 1. The van der Waals surface area contributed by atoms with E-state index in [-0.39, 0.29) is 30.9 Å². The van der Waals surface area contributed by atoms with Crippen molar-refractivity contribution in [3.63, 3.8) is 0 Å². The lowest BCUT2D eigenvalue weighted by molar-refractivity contribution is -0.138. The van der Waals surface area contributed by atoms with Crippen LogP contribution in [0.1, 0.15) is 29.0 Å². The number of rotatable bonds is 8. The summed E-state index contributed by atoms with van der Waals surface area (Å²) in [6, 6.07) is 4.11. The van der Waals surface area contributed by atoms with E-state index in [1.807, 2.05) is 9.80 Å². The first-order valence-electron chi connectivity index (χ1n) is 8.45. The Kier molecular flexibility index (Phi) is 7.20. The number of hydrogen-bond acceptors (Lipinski definition) is 5. The van der Waals surface area contributed by atoms with E-state index in [9.17, 15) is 9.59 Å². The van der Waals surface area contributed by atoms with Crippen LogP contribution in [-0.2, 0) is 16.1 Å². The number of aliphatic hydroxyl groups excluding tert-OH is 1. The molecule has 7 heteroatoms. The number of nitrogens with zero attached hydrogens (tertiary/aromatic N) is 2. The minimum absolute atomic E-state index is 0.0751. The summed E-state index contributed by atoms with van der Waals surface area (Å²) in [5, 5.41) is 9.12. The van der Waals surface area contributed by atoms with Crippen molar-refractivity contribution in [2.24, 2.45) is 11.7 Å². The number of carbonyl (C=O) groups excluding carboxylic acids is 2. The van der Waals surface area contributed by atoms with Gasteiger partial charge in [-0.2, -0.15) is 0 Å². The number of hydrogen-bond donors (Lipinski definition) is 2. The van der Waals surface area contributed by atoms with Gasteiger partial charge in [-0.3, -0.25) is 14.5 Å². The van der Waals surface area contributed by atoms with Crippen molar-refractivity contribution in [2.45, 2.75) is 32.7 Å². The Morgan fingerprint density at radius 1 is 1.46 bits per heavy atom. The van der Waals surface area contributed by atoms with Gasteiger partial charge in [0.25, 0.3) is 0 Å². The summed E-state index contributed by atoms with van der Waals surface area (Å²) in [6.45, 7) is 4.88. The molecule has 0 bridgehead atoms. The molecule has 2 heterocycles. The van der Waals surface area contributed by atoms with Crippen molar-refractivity contribution < 1.29 is 14.7 Å². The van der Waals surface area contributed by atoms with Gasteiger partial charge >= 0.3 is 0 Å². The molecule has 0 unspecified atom stereocenters. The molecule has 1 aliphatic heterocycles. The molecule has 0 aliphatic carbocycles. The van der Waals surface area contributed by atoms with Gasteiger partial charge in [-0.25, -0.2) is 0 Å². The topological polar surface area (TPSA) is 86.9 Å². The number of primary amides is 1. The third kappa shape index (κ3) is 5.58. The standard InChI is InChI=1S/C17H27N3O3S/c1-13-5-6-15(24-13)11-20(8-3-9-21)17(23)14-4-2-7-19(10-14)12-16(18)22/h5-6,14,21H,2-4,7-12H2,1H3,(H2,18,22)/t14-/m0/s1. The van der Waals surface area contributed by atoms with Gasteiger partial charge in [-0.1, -0.05) is 0 Å². The molecule has 1 aromatic heterocycles. The minimum atomic E-state index is -0.353. The van der Waals surface area contributed by atoms with Gasteiger partial charge in [-0.05, 0) is 44.9 Å². The monoisotopic (exact) mass is 353 g/mol. The molecule has 24 heavy (non-hydrogen) atoms. The van der Waals surface area contributed by atoms with Gasteiger partial charge < -0.3 is 15.7 Å². The smallest absolute Gasteiger partial charge is 0.231 e. The van der Waals surface area contributed by atoms with Crippen LogP contribution in [0.2, 0.25) is 0 Å². The van der Waals surface area contributed by atoms with Crippen LogP contribution in [0.5, 0.6) is 0 Å². The molecular formula is C17H27N3O3S. The average molecular weight is 353 g/mol. The third-order valence-electron chi connectivity index (χ3n) is 4.27. The SMILES string of the molecule is Cc1ccc(CN(CCCO)C(=O)[C@H]2CCCN(CC(N)=O)C2)s1. The normalized spacial score (nSPS) is 18.5. The number of aliphatic hydroxyl groups is 1. The second-order valence-corrected chi connectivity index (χ2v) is 7.76. The second kappa shape index (κ2) is 9.15. The Bertz CT molecular complexity index is 561. The lowest BCUT2D eigenvalue weighted by Crippen LogP contribution is -2.47. The van der Waals surface area contributed by atoms with E-state index in [4.69, 9.17) is 10.8 Å². The zero-order chi connectivity index (χ0) is 17.5. The Morgan fingerprint density at radius 2 is 2.25 bits per heavy atom. The molecule has 1 aromatic rings. The summed E-state index contributed by atoms with van der Waals surface area (Å²) >= 11 is 1.69. The Balaban J connectivity index is 2.01. The highest BCUT2D eigenvalue weighted by molar-refractivity contribution is 7.11. The quantitative estimate of drug-likeness (QED) is 0.729. The fourth-order valence-electron chi connectivity index (χ4n) is 3.17. The van der Waals surface area contributed by atoms with Crippen LogP contribution >= 0.6 is 11.3 Å². The Morgan fingerprint density at radius 3 is 2.88 bits per heavy atom. The number of likely N-dealkylation sites (tertiary alicyclic amines) is 1. The lowest BCUT2D eigenvalue weighted by atomic mass is 9.96. The predicted molar refractivity (Wildman–Crippen MR) is 94.5 cm³/mol. The molecule has 1 saturated heterocycles. The Labute approximate surface area is 147 Å². The molecule has 134 valence electrons. The largest absolute Gasteiger partial charge is 0.396 e. The first-order valence-corrected chi connectivity index (χ1v) is 9.27. The zero-order valence-corrected chi connectivity index (χ0v) is 15.1. The molecule has 0 aromatic carbocycles. The van der Waals surface area contributed by atoms with E-state index in [2.05, 4.69) is 19.1 Å². The van der Waals surface area contributed by atoms with Crippen LogP contribution < -0.4 is 5.73 Å². The predicted octanol–water partition coefficient (Wildman–Crippen LogP) is 0.965. The van der Waals surface area contributed by atoms with Crippen LogP contribution in [-0.4, -0.2) is 59.5 Å². The Hall–Kier alpha value is -1.44. The average Bonchev–Trinajstić information content (AvgIpc) is 2.95. The highest BCUT2D eigenvalue weighted by Gasteiger charge is 2.29. The van der Waals surface area contributed by atoms with E-state index in [1.54, 1.807) is 11.3 Å². The fraction of sp³-hybridized carbons (Fsp3) is 0.647. The first-order chi connectivity index (χ1) is 11.5. The van der Waals surface area contributed by atoms with Crippen LogP contribution in [0, 0.1) is 12.8 Å². The molecule has 1 atom stereocenters. The van der Waals surface area contributed by atoms with Crippen molar-refractivity contribution in [3.8, 4) is 0 Å². The lowest BCUT2D eigenvalue weighted by Gasteiger charge is -2.34. The number of carbonyl (C=O) groups is 2. The summed E-state index contributed by atoms with van der Waals surface area (Å²) in [4.78, 5) is 30.3. The van der Waals surface area contributed by atoms with E-state index in [0.29, 0.717) is 26.1 Å². The van der Waals surface area contributed by atoms with Gasteiger partial charge in [0.15, 0.2) is 0 Å². The summed E-state index contributed by atoms with van der Waals surface area (Å²) in [5.41, 5.74) is 5.27. The summed E-state index contributed by atoms with van der Waals surface area (Å²) in [5.74, 6) is -0.337. The van der Waals surface area contributed by atoms with Gasteiger partial charge in [0.1, 0.15) is 0 Å². The summed E-state index contributed by atoms with van der Waals surface area (Å²) in [7, 11) is 0. The van der Waals surface area contributed by atoms with Gasteiger partial charge in [0, 0.05) is 29.5 Å². The van der Waals surface area contributed by atoms with Gasteiger partial charge in [-0.15, -0.1) is 11.3 Å². The van der Waals surface area contributed by atoms with Crippen molar-refractivity contribution in [2.75, 3.05) is 32.8 Å².